The summed E-state index contributed by atoms with van der Waals surface area (Å²) < 4.78 is 5.07. The van der Waals surface area contributed by atoms with E-state index in [0.29, 0.717) is 23.8 Å². The Kier molecular flexibility index (Phi) is 5.60. The highest BCUT2D eigenvalue weighted by Crippen LogP contribution is 2.15. The molecule has 0 aliphatic rings. The minimum absolute atomic E-state index is 0.0475. The molecule has 0 aliphatic heterocycles. The summed E-state index contributed by atoms with van der Waals surface area (Å²) in [6.07, 6.45) is 2.31. The van der Waals surface area contributed by atoms with Gasteiger partial charge in [-0.15, -0.1) is 0 Å². The molecule has 5 heteroatoms. The largest absolute Gasteiger partial charge is 0.481 e. The molecule has 0 bridgehead atoms. The molecule has 106 valence electrons. The van der Waals surface area contributed by atoms with Gasteiger partial charge in [0.1, 0.15) is 5.76 Å². The topological polar surface area (TPSA) is 79.5 Å². The summed E-state index contributed by atoms with van der Waals surface area (Å²) in [4.78, 5) is 22.7. The third kappa shape index (κ3) is 5.16. The predicted molar refractivity (Wildman–Crippen MR) is 71.0 cm³/mol. The van der Waals surface area contributed by atoms with Crippen LogP contribution in [0.1, 0.15) is 42.8 Å². The van der Waals surface area contributed by atoms with Crippen LogP contribution in [0.2, 0.25) is 0 Å². The van der Waals surface area contributed by atoms with E-state index in [1.807, 2.05) is 13.8 Å². The van der Waals surface area contributed by atoms with Crippen LogP contribution in [0.3, 0.4) is 0 Å². The number of rotatable bonds is 7. The zero-order valence-electron chi connectivity index (χ0n) is 11.6. The lowest BCUT2D eigenvalue weighted by molar-refractivity contribution is -0.138. The average molecular weight is 267 g/mol. The number of aliphatic carboxylic acids is 1. The number of furan rings is 1. The first-order valence-electron chi connectivity index (χ1n) is 6.44. The molecule has 5 nitrogen and oxygen atoms in total. The maximum Gasteiger partial charge on any atom is 0.303 e. The Morgan fingerprint density at radius 1 is 1.42 bits per heavy atom. The van der Waals surface area contributed by atoms with E-state index in [9.17, 15) is 9.59 Å². The second kappa shape index (κ2) is 6.97. The molecule has 0 spiro atoms. The van der Waals surface area contributed by atoms with Gasteiger partial charge in [0.05, 0.1) is 11.8 Å². The van der Waals surface area contributed by atoms with Crippen molar-refractivity contribution in [3.8, 4) is 0 Å². The van der Waals surface area contributed by atoms with Crippen LogP contribution in [0.15, 0.2) is 16.7 Å². The van der Waals surface area contributed by atoms with Crippen molar-refractivity contribution in [3.63, 3.8) is 0 Å². The van der Waals surface area contributed by atoms with Crippen LogP contribution < -0.4 is 5.32 Å². The van der Waals surface area contributed by atoms with Crippen LogP contribution in [-0.4, -0.2) is 23.5 Å². The van der Waals surface area contributed by atoms with Crippen LogP contribution in [0.5, 0.6) is 0 Å². The first-order chi connectivity index (χ1) is 8.90. The molecular formula is C14H21NO4. The highest BCUT2D eigenvalue weighted by molar-refractivity contribution is 5.95. The van der Waals surface area contributed by atoms with Gasteiger partial charge in [0.15, 0.2) is 0 Å². The number of carbonyl (C=O) groups is 2. The van der Waals surface area contributed by atoms with Crippen LogP contribution in [0.25, 0.3) is 0 Å². The van der Waals surface area contributed by atoms with Gasteiger partial charge in [-0.2, -0.15) is 0 Å². The lowest BCUT2D eigenvalue weighted by atomic mass is 9.94. The fraction of sp³-hybridized carbons (Fsp3) is 0.571. The number of nitrogens with one attached hydrogen (secondary N) is 1. The molecule has 1 aromatic rings. The summed E-state index contributed by atoms with van der Waals surface area (Å²) in [7, 11) is 0. The minimum atomic E-state index is -0.834. The fourth-order valence-corrected chi connectivity index (χ4v) is 2.11. The monoisotopic (exact) mass is 267 g/mol. The number of hydrogen-bond donors (Lipinski definition) is 2. The molecule has 1 rings (SSSR count). The first kappa shape index (κ1) is 15.3. The third-order valence-electron chi connectivity index (χ3n) is 2.92. The van der Waals surface area contributed by atoms with Crippen molar-refractivity contribution >= 4 is 11.9 Å². The van der Waals surface area contributed by atoms with E-state index in [4.69, 9.17) is 9.52 Å². The molecule has 0 saturated heterocycles. The maximum absolute atomic E-state index is 11.9. The van der Waals surface area contributed by atoms with E-state index in [-0.39, 0.29) is 18.2 Å². The Hall–Kier alpha value is -1.78. The summed E-state index contributed by atoms with van der Waals surface area (Å²) in [5.74, 6) is -0.133. The molecule has 0 radical (unpaired) electrons. The molecule has 1 amide bonds. The van der Waals surface area contributed by atoms with E-state index < -0.39 is 5.97 Å². The van der Waals surface area contributed by atoms with E-state index in [2.05, 4.69) is 5.32 Å². The summed E-state index contributed by atoms with van der Waals surface area (Å²) >= 11 is 0. The van der Waals surface area contributed by atoms with Gasteiger partial charge in [0.25, 0.3) is 5.91 Å². The SMILES string of the molecule is Cc1occc1C(=O)NC[C@H](CC(=O)O)CC(C)C. The van der Waals surface area contributed by atoms with Gasteiger partial charge in [-0.3, -0.25) is 9.59 Å². The fourth-order valence-electron chi connectivity index (χ4n) is 2.11. The van der Waals surface area contributed by atoms with E-state index >= 15 is 0 Å². The highest BCUT2D eigenvalue weighted by atomic mass is 16.4. The van der Waals surface area contributed by atoms with Crippen LogP contribution >= 0.6 is 0 Å². The van der Waals surface area contributed by atoms with Gasteiger partial charge in [-0.05, 0) is 31.2 Å². The van der Waals surface area contributed by atoms with Crippen molar-refractivity contribution in [2.24, 2.45) is 11.8 Å². The van der Waals surface area contributed by atoms with Crippen molar-refractivity contribution in [1.82, 2.24) is 5.32 Å². The van der Waals surface area contributed by atoms with Gasteiger partial charge in [0.2, 0.25) is 0 Å². The van der Waals surface area contributed by atoms with Crippen LogP contribution in [0, 0.1) is 18.8 Å². The number of carbonyl (C=O) groups excluding carboxylic acids is 1. The lowest BCUT2D eigenvalue weighted by Gasteiger charge is -2.17. The van der Waals surface area contributed by atoms with Crippen LogP contribution in [-0.2, 0) is 4.79 Å². The first-order valence-corrected chi connectivity index (χ1v) is 6.44. The highest BCUT2D eigenvalue weighted by Gasteiger charge is 2.17. The molecule has 1 aromatic heterocycles. The molecule has 0 fully saturated rings. The second-order valence-corrected chi connectivity index (χ2v) is 5.19. The number of amides is 1. The quantitative estimate of drug-likeness (QED) is 0.795. The number of carboxylic acids is 1. The zero-order chi connectivity index (χ0) is 14.4. The molecule has 1 heterocycles. The molecular weight excluding hydrogens is 246 g/mol. The molecule has 2 N–H and O–H groups in total. The van der Waals surface area contributed by atoms with Crippen molar-refractivity contribution < 1.29 is 19.1 Å². The molecule has 0 saturated carbocycles. The summed E-state index contributed by atoms with van der Waals surface area (Å²) in [6.45, 7) is 6.17. The smallest absolute Gasteiger partial charge is 0.303 e. The van der Waals surface area contributed by atoms with Crippen molar-refractivity contribution in [2.45, 2.75) is 33.6 Å². The van der Waals surface area contributed by atoms with Crippen molar-refractivity contribution in [2.75, 3.05) is 6.54 Å². The van der Waals surface area contributed by atoms with Crippen molar-refractivity contribution in [1.29, 1.82) is 0 Å². The second-order valence-electron chi connectivity index (χ2n) is 5.19. The van der Waals surface area contributed by atoms with Gasteiger partial charge < -0.3 is 14.8 Å². The van der Waals surface area contributed by atoms with Gasteiger partial charge in [-0.1, -0.05) is 13.8 Å². The van der Waals surface area contributed by atoms with Crippen molar-refractivity contribution in [3.05, 3.63) is 23.7 Å². The minimum Gasteiger partial charge on any atom is -0.481 e. The summed E-state index contributed by atoms with van der Waals surface area (Å²) in [5, 5.41) is 11.6. The number of carboxylic acid groups (broad SMARTS) is 1. The Labute approximate surface area is 113 Å². The molecule has 0 unspecified atom stereocenters. The maximum atomic E-state index is 11.9. The normalized spacial score (nSPS) is 12.4. The van der Waals surface area contributed by atoms with Gasteiger partial charge in [-0.25, -0.2) is 0 Å². The average Bonchev–Trinajstić information content (AvgIpc) is 2.70. The van der Waals surface area contributed by atoms with E-state index in [1.165, 1.54) is 6.26 Å². The standard InChI is InChI=1S/C14H21NO4/c1-9(2)6-11(7-13(16)17)8-15-14(18)12-4-5-19-10(12)3/h4-5,9,11H,6-8H2,1-3H3,(H,15,18)(H,16,17)/t11-/m0/s1. The Bertz CT molecular complexity index is 436. The Morgan fingerprint density at radius 3 is 2.58 bits per heavy atom. The third-order valence-corrected chi connectivity index (χ3v) is 2.92. The molecule has 19 heavy (non-hydrogen) atoms. The van der Waals surface area contributed by atoms with Gasteiger partial charge >= 0.3 is 5.97 Å². The predicted octanol–water partition coefficient (Wildman–Crippen LogP) is 2.45. The molecule has 0 aromatic carbocycles. The van der Waals surface area contributed by atoms with Crippen LogP contribution in [0.4, 0.5) is 0 Å². The molecule has 0 aliphatic carbocycles. The van der Waals surface area contributed by atoms with E-state index in [1.54, 1.807) is 13.0 Å². The van der Waals surface area contributed by atoms with E-state index in [0.717, 1.165) is 6.42 Å². The Morgan fingerprint density at radius 2 is 2.11 bits per heavy atom. The lowest BCUT2D eigenvalue weighted by Crippen LogP contribution is -2.31. The summed E-state index contributed by atoms with van der Waals surface area (Å²) in [5.41, 5.74) is 0.499. The number of hydrogen-bond acceptors (Lipinski definition) is 3. The van der Waals surface area contributed by atoms with Gasteiger partial charge in [0, 0.05) is 13.0 Å². The zero-order valence-corrected chi connectivity index (χ0v) is 11.6. The molecule has 1 atom stereocenters. The number of aryl methyl sites for hydroxylation is 1. The Balaban J connectivity index is 2.53. The summed E-state index contributed by atoms with van der Waals surface area (Å²) in [6, 6.07) is 1.61.